The van der Waals surface area contributed by atoms with E-state index in [0.717, 1.165) is 22.3 Å². The third-order valence-corrected chi connectivity index (χ3v) is 5.19. The van der Waals surface area contributed by atoms with E-state index in [-0.39, 0.29) is 5.91 Å². The van der Waals surface area contributed by atoms with E-state index >= 15 is 0 Å². The largest absolute Gasteiger partial charge is 0.492 e. The Labute approximate surface area is 160 Å². The van der Waals surface area contributed by atoms with E-state index in [9.17, 15) is 4.79 Å². The van der Waals surface area contributed by atoms with Crippen molar-refractivity contribution in [1.82, 2.24) is 15.5 Å². The lowest BCUT2D eigenvalue weighted by molar-refractivity contribution is -0.118. The number of carbonyl (C=O) groups is 1. The number of nitrogens with zero attached hydrogens (tertiary/aromatic N) is 1. The van der Waals surface area contributed by atoms with Crippen LogP contribution in [0.4, 0.5) is 0 Å². The van der Waals surface area contributed by atoms with Gasteiger partial charge < -0.3 is 14.6 Å². The van der Waals surface area contributed by atoms with Crippen LogP contribution in [0.3, 0.4) is 0 Å². The van der Waals surface area contributed by atoms with Crippen LogP contribution in [0.25, 0.3) is 17.3 Å². The fourth-order valence-corrected chi connectivity index (χ4v) is 2.90. The van der Waals surface area contributed by atoms with Crippen molar-refractivity contribution in [2.75, 3.05) is 6.54 Å². The number of hydrogen-bond acceptors (Lipinski definition) is 4. The normalized spacial score (nSPS) is 18.6. The topological polar surface area (TPSA) is 76.2 Å². The molecule has 0 spiro atoms. The number of hydrogen-bond donors (Lipinski definition) is 2. The summed E-state index contributed by atoms with van der Waals surface area (Å²) in [4.78, 5) is 11.5. The molecule has 1 aromatic carbocycles. The van der Waals surface area contributed by atoms with Gasteiger partial charge in [-0.25, -0.2) is 0 Å². The minimum Gasteiger partial charge on any atom is -0.400 e. The number of benzene rings is 1. The third-order valence-electron chi connectivity index (χ3n) is 5.19. The van der Waals surface area contributed by atoms with Crippen LogP contribution in [0.2, 0.25) is 0 Å². The number of rotatable bonds is 5. The van der Waals surface area contributed by atoms with Crippen molar-refractivity contribution in [2.24, 2.45) is 0 Å². The van der Waals surface area contributed by atoms with Crippen LogP contribution >= 0.6 is 0 Å². The highest BCUT2D eigenvalue weighted by atomic mass is 16.7. The number of amides is 1. The lowest BCUT2D eigenvalue weighted by Crippen LogP contribution is -2.41. The van der Waals surface area contributed by atoms with Gasteiger partial charge in [0, 0.05) is 25.2 Å². The summed E-state index contributed by atoms with van der Waals surface area (Å²) in [6.45, 7) is 9.91. The van der Waals surface area contributed by atoms with Crippen LogP contribution in [0.5, 0.6) is 0 Å². The van der Waals surface area contributed by atoms with Crippen LogP contribution in [-0.2, 0) is 14.1 Å². The predicted molar refractivity (Wildman–Crippen MR) is 107 cm³/mol. The molecule has 142 valence electrons. The summed E-state index contributed by atoms with van der Waals surface area (Å²) in [6.07, 6.45) is 3.75. The quantitative estimate of drug-likeness (QED) is 0.796. The van der Waals surface area contributed by atoms with Crippen molar-refractivity contribution in [3.63, 3.8) is 0 Å². The van der Waals surface area contributed by atoms with Gasteiger partial charge in [0.2, 0.25) is 5.91 Å². The zero-order valence-corrected chi connectivity index (χ0v) is 16.5. The molecule has 1 saturated heterocycles. The maximum Gasteiger partial charge on any atom is 0.492 e. The second kappa shape index (κ2) is 7.33. The number of nitrogens with one attached hydrogen (secondary N) is 2. The summed E-state index contributed by atoms with van der Waals surface area (Å²) in [6, 6.07) is 9.94. The second-order valence-corrected chi connectivity index (χ2v) is 7.77. The SMILES string of the molecule is CC(=O)NCC(=Cc1ccccc1-c1ccn[nH]1)B1OC(C)(C)C(C)(C)O1. The lowest BCUT2D eigenvalue weighted by Gasteiger charge is -2.32. The zero-order chi connectivity index (χ0) is 19.7. The van der Waals surface area contributed by atoms with Crippen LogP contribution in [0.15, 0.2) is 42.0 Å². The van der Waals surface area contributed by atoms with Crippen molar-refractivity contribution < 1.29 is 14.1 Å². The molecule has 27 heavy (non-hydrogen) atoms. The molecule has 0 unspecified atom stereocenters. The van der Waals surface area contributed by atoms with Gasteiger partial charge in [-0.15, -0.1) is 0 Å². The molecule has 2 aromatic rings. The van der Waals surface area contributed by atoms with Crippen molar-refractivity contribution in [2.45, 2.75) is 45.8 Å². The minimum atomic E-state index is -0.531. The molecule has 1 amide bonds. The first-order valence-corrected chi connectivity index (χ1v) is 9.09. The summed E-state index contributed by atoms with van der Waals surface area (Å²) >= 11 is 0. The van der Waals surface area contributed by atoms with Gasteiger partial charge in [-0.05, 0) is 44.8 Å². The molecule has 0 bridgehead atoms. The number of H-pyrrole nitrogens is 1. The molecule has 0 atom stereocenters. The average molecular weight is 367 g/mol. The van der Waals surface area contributed by atoms with E-state index in [1.807, 2.05) is 64.1 Å². The Morgan fingerprint density at radius 3 is 2.44 bits per heavy atom. The highest BCUT2D eigenvalue weighted by molar-refractivity contribution is 6.56. The minimum absolute atomic E-state index is 0.0979. The van der Waals surface area contributed by atoms with Gasteiger partial charge in [0.05, 0.1) is 16.9 Å². The van der Waals surface area contributed by atoms with Crippen molar-refractivity contribution in [3.05, 3.63) is 47.6 Å². The molecule has 3 rings (SSSR count). The number of aromatic amines is 1. The van der Waals surface area contributed by atoms with Crippen molar-refractivity contribution in [3.8, 4) is 11.3 Å². The van der Waals surface area contributed by atoms with Gasteiger partial charge in [0.25, 0.3) is 0 Å². The molecule has 2 heterocycles. The Hall–Kier alpha value is -2.38. The summed E-state index contributed by atoms with van der Waals surface area (Å²) in [5.41, 5.74) is 2.90. The molecule has 2 N–H and O–H groups in total. The van der Waals surface area contributed by atoms with E-state index in [1.54, 1.807) is 6.20 Å². The summed E-state index contributed by atoms with van der Waals surface area (Å²) in [5.74, 6) is -0.0979. The number of carbonyl (C=O) groups excluding carboxylic acids is 1. The first-order chi connectivity index (χ1) is 12.7. The van der Waals surface area contributed by atoms with Gasteiger partial charge in [0.15, 0.2) is 0 Å². The van der Waals surface area contributed by atoms with E-state index in [0.29, 0.717) is 6.54 Å². The average Bonchev–Trinajstić information content (AvgIpc) is 3.18. The molecule has 0 radical (unpaired) electrons. The molecular formula is C20H26BN3O3. The van der Waals surface area contributed by atoms with E-state index in [4.69, 9.17) is 9.31 Å². The molecule has 1 fully saturated rings. The zero-order valence-electron chi connectivity index (χ0n) is 16.5. The Balaban J connectivity index is 1.99. The Bertz CT molecular complexity index is 828. The third kappa shape index (κ3) is 4.15. The summed E-state index contributed by atoms with van der Waals surface area (Å²) < 4.78 is 12.4. The summed E-state index contributed by atoms with van der Waals surface area (Å²) in [7, 11) is -0.531. The molecule has 1 aromatic heterocycles. The fraction of sp³-hybridized carbons (Fsp3) is 0.400. The van der Waals surface area contributed by atoms with E-state index in [1.165, 1.54) is 6.92 Å². The fourth-order valence-electron chi connectivity index (χ4n) is 2.90. The molecule has 1 aliphatic rings. The Kier molecular flexibility index (Phi) is 5.26. The Morgan fingerprint density at radius 2 is 1.85 bits per heavy atom. The van der Waals surface area contributed by atoms with Gasteiger partial charge in [0.1, 0.15) is 0 Å². The molecule has 1 aliphatic heterocycles. The molecule has 0 saturated carbocycles. The maximum absolute atomic E-state index is 11.5. The first-order valence-electron chi connectivity index (χ1n) is 9.09. The lowest BCUT2D eigenvalue weighted by atomic mass is 9.76. The van der Waals surface area contributed by atoms with Gasteiger partial charge >= 0.3 is 7.12 Å². The summed E-state index contributed by atoms with van der Waals surface area (Å²) in [5, 5.41) is 9.91. The van der Waals surface area contributed by atoms with Gasteiger partial charge in [-0.3, -0.25) is 9.89 Å². The van der Waals surface area contributed by atoms with Crippen LogP contribution in [0.1, 0.15) is 40.2 Å². The molecule has 0 aliphatic carbocycles. The van der Waals surface area contributed by atoms with E-state index in [2.05, 4.69) is 15.5 Å². The van der Waals surface area contributed by atoms with Crippen LogP contribution in [0, 0.1) is 0 Å². The van der Waals surface area contributed by atoms with E-state index < -0.39 is 18.3 Å². The standard InChI is InChI=1S/C20H26BN3O3/c1-14(25)22-13-16(21-26-19(2,3)20(4,5)27-21)12-15-8-6-7-9-17(15)18-10-11-23-24-18/h6-12H,13H2,1-5H3,(H,22,25)(H,23,24). The maximum atomic E-state index is 11.5. The van der Waals surface area contributed by atoms with Crippen LogP contribution < -0.4 is 5.32 Å². The van der Waals surface area contributed by atoms with Gasteiger partial charge in [-0.2, -0.15) is 5.10 Å². The highest BCUT2D eigenvalue weighted by Crippen LogP contribution is 2.39. The predicted octanol–water partition coefficient (Wildman–Crippen LogP) is 3.23. The highest BCUT2D eigenvalue weighted by Gasteiger charge is 2.52. The molecular weight excluding hydrogens is 341 g/mol. The monoisotopic (exact) mass is 367 g/mol. The van der Waals surface area contributed by atoms with Gasteiger partial charge in [-0.1, -0.05) is 30.3 Å². The van der Waals surface area contributed by atoms with Crippen molar-refractivity contribution in [1.29, 1.82) is 0 Å². The number of aromatic nitrogens is 2. The molecule has 6 nitrogen and oxygen atoms in total. The second-order valence-electron chi connectivity index (χ2n) is 7.77. The molecule has 7 heteroatoms. The van der Waals surface area contributed by atoms with Crippen molar-refractivity contribution >= 4 is 19.1 Å². The van der Waals surface area contributed by atoms with Crippen LogP contribution in [-0.4, -0.2) is 41.0 Å². The first kappa shape index (κ1) is 19.4. The Morgan fingerprint density at radius 1 is 1.19 bits per heavy atom. The smallest absolute Gasteiger partial charge is 0.400 e.